The summed E-state index contributed by atoms with van der Waals surface area (Å²) in [5, 5.41) is 8.46. The van der Waals surface area contributed by atoms with Crippen LogP contribution < -0.4 is 11.3 Å². The zero-order valence-electron chi connectivity index (χ0n) is 6.93. The van der Waals surface area contributed by atoms with E-state index in [1.54, 1.807) is 12.1 Å². The van der Waals surface area contributed by atoms with Crippen LogP contribution in [0.1, 0.15) is 5.56 Å². The highest BCUT2D eigenvalue weighted by atomic mass is 16.4. The molecule has 0 aliphatic rings. The summed E-state index contributed by atoms with van der Waals surface area (Å²) >= 11 is 0. The topological polar surface area (TPSA) is 85.3 Å². The van der Waals surface area contributed by atoms with Crippen molar-refractivity contribution in [1.82, 2.24) is 4.57 Å². The fourth-order valence-electron chi connectivity index (χ4n) is 1.01. The Morgan fingerprint density at radius 3 is 2.85 bits per heavy atom. The zero-order chi connectivity index (χ0) is 9.84. The Morgan fingerprint density at radius 1 is 1.62 bits per heavy atom. The lowest BCUT2D eigenvalue weighted by Gasteiger charge is -2.02. The van der Waals surface area contributed by atoms with Crippen LogP contribution in [0.3, 0.4) is 0 Å². The summed E-state index contributed by atoms with van der Waals surface area (Å²) < 4.78 is 1.12. The molecule has 70 valence electrons. The van der Waals surface area contributed by atoms with E-state index in [0.29, 0.717) is 5.56 Å². The van der Waals surface area contributed by atoms with Gasteiger partial charge in [0.1, 0.15) is 6.54 Å². The number of rotatable bonds is 3. The average Bonchev–Trinajstić information content (AvgIpc) is 2.08. The van der Waals surface area contributed by atoms with Gasteiger partial charge in [-0.25, -0.2) is 0 Å². The van der Waals surface area contributed by atoms with Gasteiger partial charge in [-0.15, -0.1) is 0 Å². The lowest BCUT2D eigenvalue weighted by Crippen LogP contribution is -2.27. The first-order valence-electron chi connectivity index (χ1n) is 3.75. The number of aromatic nitrogens is 1. The number of carboxylic acid groups (broad SMARTS) is 1. The summed E-state index contributed by atoms with van der Waals surface area (Å²) in [6, 6.07) is 3.19. The van der Waals surface area contributed by atoms with Gasteiger partial charge in [-0.1, -0.05) is 6.07 Å². The normalized spacial score (nSPS) is 9.92. The Balaban J connectivity index is 3.09. The molecule has 1 rings (SSSR count). The molecule has 5 heteroatoms. The lowest BCUT2D eigenvalue weighted by molar-refractivity contribution is -0.137. The second-order valence-corrected chi connectivity index (χ2v) is 2.56. The molecule has 0 bridgehead atoms. The van der Waals surface area contributed by atoms with Crippen molar-refractivity contribution >= 4 is 5.97 Å². The third kappa shape index (κ3) is 2.16. The van der Waals surface area contributed by atoms with E-state index in [1.165, 1.54) is 6.20 Å². The number of pyridine rings is 1. The van der Waals surface area contributed by atoms with Crippen molar-refractivity contribution in [2.24, 2.45) is 5.73 Å². The van der Waals surface area contributed by atoms with Crippen molar-refractivity contribution in [3.8, 4) is 0 Å². The maximum Gasteiger partial charge on any atom is 0.323 e. The molecule has 1 aromatic heterocycles. The Hall–Kier alpha value is -1.62. The van der Waals surface area contributed by atoms with E-state index >= 15 is 0 Å². The van der Waals surface area contributed by atoms with Crippen LogP contribution in [0.5, 0.6) is 0 Å². The zero-order valence-corrected chi connectivity index (χ0v) is 6.93. The molecule has 0 atom stereocenters. The summed E-state index contributed by atoms with van der Waals surface area (Å²) in [5.41, 5.74) is 5.37. The molecule has 0 unspecified atom stereocenters. The van der Waals surface area contributed by atoms with E-state index in [9.17, 15) is 9.59 Å². The third-order valence-electron chi connectivity index (χ3n) is 1.62. The van der Waals surface area contributed by atoms with Gasteiger partial charge in [0.15, 0.2) is 0 Å². The maximum absolute atomic E-state index is 11.4. The van der Waals surface area contributed by atoms with Gasteiger partial charge in [-0.2, -0.15) is 0 Å². The first-order chi connectivity index (χ1) is 6.15. The van der Waals surface area contributed by atoms with Crippen LogP contribution in [0.25, 0.3) is 0 Å². The minimum absolute atomic E-state index is 0.124. The van der Waals surface area contributed by atoms with Gasteiger partial charge in [0.05, 0.1) is 0 Å². The number of carbonyl (C=O) groups is 1. The van der Waals surface area contributed by atoms with Crippen molar-refractivity contribution in [3.63, 3.8) is 0 Å². The van der Waals surface area contributed by atoms with E-state index in [-0.39, 0.29) is 18.6 Å². The fraction of sp³-hybridized carbons (Fsp3) is 0.250. The van der Waals surface area contributed by atoms with Crippen LogP contribution in [0.2, 0.25) is 0 Å². The van der Waals surface area contributed by atoms with Gasteiger partial charge in [-0.3, -0.25) is 9.59 Å². The smallest absolute Gasteiger partial charge is 0.323 e. The summed E-state index contributed by atoms with van der Waals surface area (Å²) in [6.45, 7) is -0.202. The second-order valence-electron chi connectivity index (χ2n) is 2.56. The van der Waals surface area contributed by atoms with Crippen molar-refractivity contribution in [3.05, 3.63) is 34.2 Å². The molecule has 0 radical (unpaired) electrons. The molecule has 0 saturated carbocycles. The lowest BCUT2D eigenvalue weighted by atomic mass is 10.3. The van der Waals surface area contributed by atoms with Gasteiger partial charge in [0.2, 0.25) is 0 Å². The van der Waals surface area contributed by atoms with Crippen LogP contribution in [-0.4, -0.2) is 15.6 Å². The Kier molecular flexibility index (Phi) is 2.81. The number of hydrogen-bond donors (Lipinski definition) is 2. The summed E-state index contributed by atoms with van der Waals surface area (Å²) in [4.78, 5) is 21.7. The number of nitrogens with two attached hydrogens (primary N) is 1. The van der Waals surface area contributed by atoms with Crippen molar-refractivity contribution in [2.45, 2.75) is 13.1 Å². The molecular formula is C8H10N2O3. The van der Waals surface area contributed by atoms with Crippen LogP contribution in [0, 0.1) is 0 Å². The monoisotopic (exact) mass is 182 g/mol. The molecule has 1 heterocycles. The molecule has 0 spiro atoms. The first-order valence-corrected chi connectivity index (χ1v) is 3.75. The molecule has 0 aliphatic heterocycles. The summed E-state index contributed by atoms with van der Waals surface area (Å²) in [6.07, 6.45) is 1.43. The number of hydrogen-bond acceptors (Lipinski definition) is 3. The maximum atomic E-state index is 11.4. The predicted molar refractivity (Wildman–Crippen MR) is 46.2 cm³/mol. The summed E-state index contributed by atoms with van der Waals surface area (Å²) in [7, 11) is 0. The van der Waals surface area contributed by atoms with Crippen LogP contribution in [0.4, 0.5) is 0 Å². The van der Waals surface area contributed by atoms with Crippen molar-refractivity contribution < 1.29 is 9.90 Å². The van der Waals surface area contributed by atoms with Crippen LogP contribution >= 0.6 is 0 Å². The van der Waals surface area contributed by atoms with Gasteiger partial charge in [0, 0.05) is 18.3 Å². The SMILES string of the molecule is NCc1cccn(CC(=O)O)c1=O. The Labute approximate surface area is 74.4 Å². The average molecular weight is 182 g/mol. The minimum Gasteiger partial charge on any atom is -0.480 e. The first kappa shape index (κ1) is 9.47. The van der Waals surface area contributed by atoms with E-state index in [2.05, 4.69) is 0 Å². The molecule has 3 N–H and O–H groups in total. The van der Waals surface area contributed by atoms with Gasteiger partial charge >= 0.3 is 5.97 Å². The molecule has 13 heavy (non-hydrogen) atoms. The molecule has 0 saturated heterocycles. The predicted octanol–water partition coefficient (Wildman–Crippen LogP) is -0.608. The number of aliphatic carboxylic acids is 1. The highest BCUT2D eigenvalue weighted by Crippen LogP contribution is 1.90. The van der Waals surface area contributed by atoms with Crippen molar-refractivity contribution in [2.75, 3.05) is 0 Å². The second kappa shape index (κ2) is 3.86. The highest BCUT2D eigenvalue weighted by molar-refractivity contribution is 5.66. The van der Waals surface area contributed by atoms with E-state index in [0.717, 1.165) is 4.57 Å². The van der Waals surface area contributed by atoms with Gasteiger partial charge in [-0.05, 0) is 6.07 Å². The van der Waals surface area contributed by atoms with E-state index in [4.69, 9.17) is 10.8 Å². The Morgan fingerprint density at radius 2 is 2.31 bits per heavy atom. The molecule has 5 nitrogen and oxygen atoms in total. The molecule has 0 amide bonds. The molecule has 0 fully saturated rings. The molecule has 0 aromatic carbocycles. The van der Waals surface area contributed by atoms with E-state index in [1.807, 2.05) is 0 Å². The van der Waals surface area contributed by atoms with Gasteiger partial charge < -0.3 is 15.4 Å². The van der Waals surface area contributed by atoms with Crippen LogP contribution in [0.15, 0.2) is 23.1 Å². The molecule has 1 aromatic rings. The minimum atomic E-state index is -1.05. The summed E-state index contributed by atoms with van der Waals surface area (Å²) in [5.74, 6) is -1.05. The van der Waals surface area contributed by atoms with Crippen LogP contribution in [-0.2, 0) is 17.9 Å². The van der Waals surface area contributed by atoms with Crippen molar-refractivity contribution in [1.29, 1.82) is 0 Å². The number of carboxylic acids is 1. The Bertz CT molecular complexity index is 370. The number of nitrogens with zero attached hydrogens (tertiary/aromatic N) is 1. The highest BCUT2D eigenvalue weighted by Gasteiger charge is 2.03. The van der Waals surface area contributed by atoms with Gasteiger partial charge in [0.25, 0.3) is 5.56 Å². The van der Waals surface area contributed by atoms with E-state index < -0.39 is 5.97 Å². The third-order valence-corrected chi connectivity index (χ3v) is 1.62. The standard InChI is InChI=1S/C8H10N2O3/c9-4-6-2-1-3-10(8(6)13)5-7(11)12/h1-3H,4-5,9H2,(H,11,12). The quantitative estimate of drug-likeness (QED) is 0.653. The molecular weight excluding hydrogens is 172 g/mol. The molecule has 0 aliphatic carbocycles. The fourth-order valence-corrected chi connectivity index (χ4v) is 1.01. The largest absolute Gasteiger partial charge is 0.480 e.